The van der Waals surface area contributed by atoms with Crippen LogP contribution in [0.1, 0.15) is 25.8 Å². The molecular weight excluding hydrogens is 222 g/mol. The van der Waals surface area contributed by atoms with Gasteiger partial charge in [0.2, 0.25) is 0 Å². The third-order valence-electron chi connectivity index (χ3n) is 2.43. The first-order valence-corrected chi connectivity index (χ1v) is 5.99. The van der Waals surface area contributed by atoms with Crippen molar-refractivity contribution in [2.75, 3.05) is 6.54 Å². The molecule has 0 heterocycles. The molecule has 1 atom stereocenters. The molecule has 1 aromatic rings. The van der Waals surface area contributed by atoms with Crippen LogP contribution >= 0.6 is 11.6 Å². The van der Waals surface area contributed by atoms with Crippen molar-refractivity contribution in [1.82, 2.24) is 5.32 Å². The van der Waals surface area contributed by atoms with Gasteiger partial charge in [-0.05, 0) is 25.1 Å². The van der Waals surface area contributed by atoms with E-state index >= 15 is 0 Å². The van der Waals surface area contributed by atoms with Crippen LogP contribution in [0.3, 0.4) is 0 Å². The fourth-order valence-corrected chi connectivity index (χ4v) is 1.89. The largest absolute Gasteiger partial charge is 0.314 e. The molecule has 0 saturated heterocycles. The lowest BCUT2D eigenvalue weighted by Crippen LogP contribution is -2.28. The minimum atomic E-state index is 0.224. The number of halogens is 1. The molecule has 1 N–H and O–H groups in total. The minimum absolute atomic E-state index is 0.224. The number of Topliss-reactive ketones (excluding diaryl/α,β-unsaturated/α-hetero) is 1. The van der Waals surface area contributed by atoms with Crippen molar-refractivity contribution in [3.05, 3.63) is 34.9 Å². The van der Waals surface area contributed by atoms with Crippen LogP contribution in [0.25, 0.3) is 0 Å². The highest BCUT2D eigenvalue weighted by molar-refractivity contribution is 6.31. The topological polar surface area (TPSA) is 29.1 Å². The van der Waals surface area contributed by atoms with Gasteiger partial charge in [0, 0.05) is 23.9 Å². The molecular formula is C13H18ClNO. The van der Waals surface area contributed by atoms with Gasteiger partial charge in [-0.3, -0.25) is 4.79 Å². The van der Waals surface area contributed by atoms with Crippen LogP contribution in [0.4, 0.5) is 0 Å². The summed E-state index contributed by atoms with van der Waals surface area (Å²) in [5, 5.41) is 3.90. The Kier molecular flexibility index (Phi) is 5.50. The molecule has 0 spiro atoms. The van der Waals surface area contributed by atoms with Crippen molar-refractivity contribution in [2.45, 2.75) is 32.7 Å². The normalized spacial score (nSPS) is 12.4. The second kappa shape index (κ2) is 6.66. The van der Waals surface area contributed by atoms with Gasteiger partial charge in [-0.1, -0.05) is 36.7 Å². The highest BCUT2D eigenvalue weighted by Crippen LogP contribution is 2.16. The molecule has 0 amide bonds. The van der Waals surface area contributed by atoms with Crippen molar-refractivity contribution >= 4 is 17.4 Å². The maximum Gasteiger partial charge on any atom is 0.138 e. The van der Waals surface area contributed by atoms with Crippen molar-refractivity contribution < 1.29 is 4.79 Å². The lowest BCUT2D eigenvalue weighted by atomic mass is 10.0. The van der Waals surface area contributed by atoms with Crippen molar-refractivity contribution in [2.24, 2.45) is 0 Å². The first-order valence-electron chi connectivity index (χ1n) is 5.62. The maximum absolute atomic E-state index is 11.8. The molecule has 1 rings (SSSR count). The third-order valence-corrected chi connectivity index (χ3v) is 2.80. The zero-order chi connectivity index (χ0) is 12.0. The van der Waals surface area contributed by atoms with Crippen LogP contribution < -0.4 is 5.32 Å². The standard InChI is InChI=1S/C13H18ClNO/c1-3-15-10(2)8-12(16)9-11-6-4-5-7-13(11)14/h4-7,10,15H,3,8-9H2,1-2H3. The first-order chi connectivity index (χ1) is 7.63. The van der Waals surface area contributed by atoms with E-state index in [-0.39, 0.29) is 11.8 Å². The summed E-state index contributed by atoms with van der Waals surface area (Å²) in [7, 11) is 0. The molecule has 0 aliphatic heterocycles. The van der Waals surface area contributed by atoms with E-state index in [1.807, 2.05) is 38.1 Å². The lowest BCUT2D eigenvalue weighted by molar-refractivity contribution is -0.118. The van der Waals surface area contributed by atoms with E-state index in [0.29, 0.717) is 17.9 Å². The number of rotatable bonds is 6. The predicted octanol–water partition coefficient (Wildman–Crippen LogP) is 2.84. The Hall–Kier alpha value is -0.860. The lowest BCUT2D eigenvalue weighted by Gasteiger charge is -2.11. The molecule has 0 saturated carbocycles. The van der Waals surface area contributed by atoms with E-state index < -0.39 is 0 Å². The molecule has 1 unspecified atom stereocenters. The number of hydrogen-bond acceptors (Lipinski definition) is 2. The van der Waals surface area contributed by atoms with Gasteiger partial charge in [0.1, 0.15) is 5.78 Å². The number of benzene rings is 1. The van der Waals surface area contributed by atoms with Crippen LogP contribution in [0, 0.1) is 0 Å². The molecule has 88 valence electrons. The van der Waals surface area contributed by atoms with Crippen molar-refractivity contribution in [1.29, 1.82) is 0 Å². The highest BCUT2D eigenvalue weighted by atomic mass is 35.5. The summed E-state index contributed by atoms with van der Waals surface area (Å²) >= 11 is 6.00. The number of carbonyl (C=O) groups excluding carboxylic acids is 1. The molecule has 3 heteroatoms. The summed E-state index contributed by atoms with van der Waals surface area (Å²) in [6.45, 7) is 4.95. The average molecular weight is 240 g/mol. The van der Waals surface area contributed by atoms with Crippen molar-refractivity contribution in [3.63, 3.8) is 0 Å². The summed E-state index contributed by atoms with van der Waals surface area (Å²) in [4.78, 5) is 11.8. The molecule has 0 aliphatic carbocycles. The SMILES string of the molecule is CCNC(C)CC(=O)Cc1ccccc1Cl. The molecule has 0 aromatic heterocycles. The number of ketones is 1. The number of nitrogens with one attached hydrogen (secondary N) is 1. The Morgan fingerprint density at radius 3 is 2.75 bits per heavy atom. The second-order valence-electron chi connectivity index (χ2n) is 3.97. The van der Waals surface area contributed by atoms with Gasteiger partial charge >= 0.3 is 0 Å². The quantitative estimate of drug-likeness (QED) is 0.827. The third kappa shape index (κ3) is 4.33. The predicted molar refractivity (Wildman–Crippen MR) is 67.9 cm³/mol. The van der Waals surface area contributed by atoms with Gasteiger partial charge in [0.15, 0.2) is 0 Å². The van der Waals surface area contributed by atoms with Gasteiger partial charge < -0.3 is 5.32 Å². The smallest absolute Gasteiger partial charge is 0.138 e. The van der Waals surface area contributed by atoms with E-state index in [0.717, 1.165) is 12.1 Å². The first kappa shape index (κ1) is 13.2. The monoisotopic (exact) mass is 239 g/mol. The highest BCUT2D eigenvalue weighted by Gasteiger charge is 2.10. The Labute approximate surface area is 102 Å². The summed E-state index contributed by atoms with van der Waals surface area (Å²) in [5.41, 5.74) is 0.915. The molecule has 16 heavy (non-hydrogen) atoms. The van der Waals surface area contributed by atoms with E-state index in [1.165, 1.54) is 0 Å². The molecule has 0 fully saturated rings. The Bertz CT molecular complexity index is 352. The maximum atomic E-state index is 11.8. The Morgan fingerprint density at radius 1 is 1.44 bits per heavy atom. The number of hydrogen-bond donors (Lipinski definition) is 1. The fraction of sp³-hybridized carbons (Fsp3) is 0.462. The zero-order valence-electron chi connectivity index (χ0n) is 9.79. The van der Waals surface area contributed by atoms with Crippen LogP contribution in [-0.4, -0.2) is 18.4 Å². The van der Waals surface area contributed by atoms with E-state index in [9.17, 15) is 4.79 Å². The van der Waals surface area contributed by atoms with Crippen LogP contribution in [-0.2, 0) is 11.2 Å². The van der Waals surface area contributed by atoms with E-state index in [4.69, 9.17) is 11.6 Å². The molecule has 0 radical (unpaired) electrons. The van der Waals surface area contributed by atoms with Crippen molar-refractivity contribution in [3.8, 4) is 0 Å². The molecule has 2 nitrogen and oxygen atoms in total. The van der Waals surface area contributed by atoms with E-state index in [2.05, 4.69) is 5.32 Å². The average Bonchev–Trinajstić information content (AvgIpc) is 2.21. The Balaban J connectivity index is 2.49. The second-order valence-corrected chi connectivity index (χ2v) is 4.38. The van der Waals surface area contributed by atoms with Gasteiger partial charge in [0.25, 0.3) is 0 Å². The van der Waals surface area contributed by atoms with Gasteiger partial charge in [-0.2, -0.15) is 0 Å². The minimum Gasteiger partial charge on any atom is -0.314 e. The zero-order valence-corrected chi connectivity index (χ0v) is 10.6. The van der Waals surface area contributed by atoms with Gasteiger partial charge in [-0.25, -0.2) is 0 Å². The summed E-state index contributed by atoms with van der Waals surface area (Å²) in [5.74, 6) is 0.224. The molecule has 1 aromatic carbocycles. The summed E-state index contributed by atoms with van der Waals surface area (Å²) in [6, 6.07) is 7.73. The molecule has 0 aliphatic rings. The van der Waals surface area contributed by atoms with E-state index in [1.54, 1.807) is 0 Å². The van der Waals surface area contributed by atoms with Crippen LogP contribution in [0.5, 0.6) is 0 Å². The fourth-order valence-electron chi connectivity index (χ4n) is 1.69. The number of carbonyl (C=O) groups is 1. The Morgan fingerprint density at radius 2 is 2.12 bits per heavy atom. The van der Waals surface area contributed by atoms with Crippen LogP contribution in [0.15, 0.2) is 24.3 Å². The van der Waals surface area contributed by atoms with Gasteiger partial charge in [-0.15, -0.1) is 0 Å². The van der Waals surface area contributed by atoms with Crippen LogP contribution in [0.2, 0.25) is 5.02 Å². The van der Waals surface area contributed by atoms with Gasteiger partial charge in [0.05, 0.1) is 0 Å². The summed E-state index contributed by atoms with van der Waals surface area (Å²) in [6.07, 6.45) is 0.981. The molecule has 0 bridgehead atoms. The summed E-state index contributed by atoms with van der Waals surface area (Å²) < 4.78 is 0.